The molecule has 1 aliphatic carbocycles. The molecule has 0 atom stereocenters. The minimum Gasteiger partial charge on any atom is -0.354 e. The SMILES string of the molecule is CN=C(NC1CCC1)N(C)Cc1ncc(-c2ccccc2)[nH]1.I. The van der Waals surface area contributed by atoms with E-state index >= 15 is 0 Å². The van der Waals surface area contributed by atoms with Gasteiger partial charge in [-0.1, -0.05) is 30.3 Å². The molecule has 0 amide bonds. The maximum Gasteiger partial charge on any atom is 0.194 e. The molecule has 2 aromatic rings. The summed E-state index contributed by atoms with van der Waals surface area (Å²) in [6.07, 6.45) is 5.69. The number of aromatic amines is 1. The quantitative estimate of drug-likeness (QED) is 0.449. The van der Waals surface area contributed by atoms with Gasteiger partial charge in [-0.3, -0.25) is 4.99 Å². The number of nitrogens with one attached hydrogen (secondary N) is 2. The normalized spacial score (nSPS) is 14.8. The number of benzene rings is 1. The number of halogens is 1. The number of hydrogen-bond acceptors (Lipinski definition) is 2. The summed E-state index contributed by atoms with van der Waals surface area (Å²) in [5.74, 6) is 1.88. The van der Waals surface area contributed by atoms with Crippen LogP contribution in [0.4, 0.5) is 0 Å². The van der Waals surface area contributed by atoms with Crippen LogP contribution in [0.15, 0.2) is 41.5 Å². The van der Waals surface area contributed by atoms with Crippen LogP contribution < -0.4 is 5.32 Å². The van der Waals surface area contributed by atoms with Crippen molar-refractivity contribution in [2.75, 3.05) is 14.1 Å². The van der Waals surface area contributed by atoms with Crippen LogP contribution in [-0.4, -0.2) is 41.0 Å². The van der Waals surface area contributed by atoms with Gasteiger partial charge in [0.25, 0.3) is 0 Å². The first-order chi connectivity index (χ1) is 10.8. The lowest BCUT2D eigenvalue weighted by Crippen LogP contribution is -2.46. The zero-order chi connectivity index (χ0) is 15.4. The summed E-state index contributed by atoms with van der Waals surface area (Å²) >= 11 is 0. The van der Waals surface area contributed by atoms with E-state index in [0.717, 1.165) is 23.0 Å². The molecule has 1 saturated carbocycles. The Morgan fingerprint density at radius 2 is 2.09 bits per heavy atom. The highest BCUT2D eigenvalue weighted by Gasteiger charge is 2.20. The third-order valence-electron chi connectivity index (χ3n) is 4.11. The van der Waals surface area contributed by atoms with Crippen molar-refractivity contribution in [3.05, 3.63) is 42.4 Å². The molecule has 6 heteroatoms. The highest BCUT2D eigenvalue weighted by atomic mass is 127. The molecule has 1 fully saturated rings. The molecule has 124 valence electrons. The molecule has 0 unspecified atom stereocenters. The third-order valence-corrected chi connectivity index (χ3v) is 4.11. The van der Waals surface area contributed by atoms with Gasteiger partial charge in [0.2, 0.25) is 0 Å². The summed E-state index contributed by atoms with van der Waals surface area (Å²) in [5, 5.41) is 3.50. The van der Waals surface area contributed by atoms with Gasteiger partial charge in [0.15, 0.2) is 5.96 Å². The van der Waals surface area contributed by atoms with E-state index in [1.54, 1.807) is 0 Å². The van der Waals surface area contributed by atoms with Gasteiger partial charge in [-0.25, -0.2) is 4.98 Å². The van der Waals surface area contributed by atoms with Gasteiger partial charge in [0.1, 0.15) is 5.82 Å². The third kappa shape index (κ3) is 4.46. The van der Waals surface area contributed by atoms with Crippen molar-refractivity contribution in [3.8, 4) is 11.3 Å². The minimum absolute atomic E-state index is 0. The van der Waals surface area contributed by atoms with Crippen molar-refractivity contribution in [2.45, 2.75) is 31.8 Å². The maximum atomic E-state index is 4.48. The second kappa shape index (κ2) is 8.33. The molecule has 0 bridgehead atoms. The summed E-state index contributed by atoms with van der Waals surface area (Å²) in [7, 11) is 3.87. The van der Waals surface area contributed by atoms with Gasteiger partial charge < -0.3 is 15.2 Å². The number of nitrogens with zero attached hydrogens (tertiary/aromatic N) is 3. The second-order valence-corrected chi connectivity index (χ2v) is 5.79. The van der Waals surface area contributed by atoms with Crippen molar-refractivity contribution < 1.29 is 0 Å². The van der Waals surface area contributed by atoms with Crippen LogP contribution >= 0.6 is 24.0 Å². The lowest BCUT2D eigenvalue weighted by Gasteiger charge is -2.31. The lowest BCUT2D eigenvalue weighted by molar-refractivity contribution is 0.358. The van der Waals surface area contributed by atoms with Crippen molar-refractivity contribution in [1.29, 1.82) is 0 Å². The number of aliphatic imine (C=N–C) groups is 1. The average molecular weight is 425 g/mol. The predicted octanol–water partition coefficient (Wildman–Crippen LogP) is 3.25. The van der Waals surface area contributed by atoms with Gasteiger partial charge >= 0.3 is 0 Å². The van der Waals surface area contributed by atoms with Crippen LogP contribution in [0.1, 0.15) is 25.1 Å². The van der Waals surface area contributed by atoms with Crippen molar-refractivity contribution in [2.24, 2.45) is 4.99 Å². The summed E-state index contributed by atoms with van der Waals surface area (Å²) in [5.41, 5.74) is 2.20. The van der Waals surface area contributed by atoms with Gasteiger partial charge in [0.05, 0.1) is 18.4 Å². The Hall–Kier alpha value is -1.57. The van der Waals surface area contributed by atoms with Gasteiger partial charge in [-0.15, -0.1) is 24.0 Å². The smallest absolute Gasteiger partial charge is 0.194 e. The molecule has 2 N–H and O–H groups in total. The van der Waals surface area contributed by atoms with Crippen molar-refractivity contribution in [1.82, 2.24) is 20.2 Å². The van der Waals surface area contributed by atoms with Gasteiger partial charge in [-0.05, 0) is 24.8 Å². The van der Waals surface area contributed by atoms with Crippen LogP contribution in [-0.2, 0) is 6.54 Å². The Bertz CT molecular complexity index is 633. The minimum atomic E-state index is 0. The summed E-state index contributed by atoms with van der Waals surface area (Å²) < 4.78 is 0. The highest BCUT2D eigenvalue weighted by molar-refractivity contribution is 14.0. The molecule has 1 aromatic heterocycles. The monoisotopic (exact) mass is 425 g/mol. The molecule has 0 aliphatic heterocycles. The number of hydrogen-bond donors (Lipinski definition) is 2. The number of rotatable bonds is 4. The standard InChI is InChI=1S/C17H23N5.HI/c1-18-17(20-14-9-6-10-14)22(2)12-16-19-11-15(21-16)13-7-4-3-5-8-13;/h3-5,7-8,11,14H,6,9-10,12H2,1-2H3,(H,18,20)(H,19,21);1H. The summed E-state index contributed by atoms with van der Waals surface area (Å²) in [4.78, 5) is 14.3. The first-order valence-corrected chi connectivity index (χ1v) is 7.80. The molecule has 1 heterocycles. The zero-order valence-corrected chi connectivity index (χ0v) is 16.0. The average Bonchev–Trinajstić information content (AvgIpc) is 2.95. The van der Waals surface area contributed by atoms with E-state index in [0.29, 0.717) is 12.6 Å². The predicted molar refractivity (Wildman–Crippen MR) is 105 cm³/mol. The van der Waals surface area contributed by atoms with Gasteiger partial charge in [-0.2, -0.15) is 0 Å². The Kier molecular flexibility index (Phi) is 6.44. The van der Waals surface area contributed by atoms with Gasteiger partial charge in [0, 0.05) is 20.1 Å². The van der Waals surface area contributed by atoms with E-state index in [2.05, 4.69) is 37.3 Å². The van der Waals surface area contributed by atoms with E-state index in [1.807, 2.05) is 38.5 Å². The first-order valence-electron chi connectivity index (χ1n) is 7.80. The number of H-pyrrole nitrogens is 1. The van der Waals surface area contributed by atoms with Crippen LogP contribution in [0.3, 0.4) is 0 Å². The van der Waals surface area contributed by atoms with Crippen LogP contribution in [0.2, 0.25) is 0 Å². The van der Waals surface area contributed by atoms with E-state index in [4.69, 9.17) is 0 Å². The molecule has 0 radical (unpaired) electrons. The first kappa shape index (κ1) is 17.8. The highest BCUT2D eigenvalue weighted by Crippen LogP contribution is 2.19. The molecule has 0 spiro atoms. The number of guanidine groups is 1. The second-order valence-electron chi connectivity index (χ2n) is 5.79. The lowest BCUT2D eigenvalue weighted by atomic mass is 9.93. The molecule has 1 aliphatic rings. The topological polar surface area (TPSA) is 56.3 Å². The van der Waals surface area contributed by atoms with Crippen LogP contribution in [0.25, 0.3) is 11.3 Å². The van der Waals surface area contributed by atoms with Crippen LogP contribution in [0, 0.1) is 0 Å². The molecule has 3 rings (SSSR count). The molecule has 0 saturated heterocycles. The van der Waals surface area contributed by atoms with Crippen LogP contribution in [0.5, 0.6) is 0 Å². The zero-order valence-electron chi connectivity index (χ0n) is 13.6. The molecule has 23 heavy (non-hydrogen) atoms. The maximum absolute atomic E-state index is 4.48. The fourth-order valence-corrected chi connectivity index (χ4v) is 2.59. The van der Waals surface area contributed by atoms with E-state index < -0.39 is 0 Å². The van der Waals surface area contributed by atoms with Crippen molar-refractivity contribution in [3.63, 3.8) is 0 Å². The fourth-order valence-electron chi connectivity index (χ4n) is 2.59. The Morgan fingerprint density at radius 1 is 1.35 bits per heavy atom. The molecule has 5 nitrogen and oxygen atoms in total. The van der Waals surface area contributed by atoms with E-state index in [-0.39, 0.29) is 24.0 Å². The molecule has 1 aromatic carbocycles. The number of imidazole rings is 1. The largest absolute Gasteiger partial charge is 0.354 e. The van der Waals surface area contributed by atoms with Crippen molar-refractivity contribution >= 4 is 29.9 Å². The molecular weight excluding hydrogens is 401 g/mol. The Labute approximate surface area is 154 Å². The summed E-state index contributed by atoms with van der Waals surface area (Å²) in [6.45, 7) is 0.708. The molecular formula is C17H24IN5. The Morgan fingerprint density at radius 3 is 2.70 bits per heavy atom. The van der Waals surface area contributed by atoms with E-state index in [9.17, 15) is 0 Å². The fraction of sp³-hybridized carbons (Fsp3) is 0.412. The Balaban J connectivity index is 0.00000192. The van der Waals surface area contributed by atoms with E-state index in [1.165, 1.54) is 19.3 Å². The number of aromatic nitrogens is 2. The summed E-state index contributed by atoms with van der Waals surface area (Å²) in [6, 6.07) is 10.8.